The van der Waals surface area contributed by atoms with Gasteiger partial charge in [0.15, 0.2) is 0 Å². The Morgan fingerprint density at radius 2 is 0.571 bits per heavy atom. The van der Waals surface area contributed by atoms with Crippen molar-refractivity contribution in [2.45, 2.75) is 20.8 Å². The molecule has 0 spiro atoms. The molecule has 1 radical (unpaired) electrons. The van der Waals surface area contributed by atoms with Crippen molar-refractivity contribution in [1.82, 2.24) is 0 Å². The van der Waals surface area contributed by atoms with E-state index in [0.29, 0.717) is 0 Å². The van der Waals surface area contributed by atoms with Gasteiger partial charge in [-0.1, -0.05) is 0 Å². The molecule has 0 N–H and O–H groups in total. The first kappa shape index (κ1) is 23.8. The molecular formula is C6H15Ce. The second kappa shape index (κ2) is 158. The molecule has 0 aromatic heterocycles. The Labute approximate surface area is 82.5 Å². The average molecular weight is 227 g/mol. The molecule has 43 valence electrons. The second-order valence-electron chi connectivity index (χ2n) is 0. The monoisotopic (exact) mass is 227 g/mol. The zero-order valence-corrected chi connectivity index (χ0v) is 8.76. The summed E-state index contributed by atoms with van der Waals surface area (Å²) in [6, 6.07) is 0. The Balaban J connectivity index is -0.00000000900. The Hall–Kier alpha value is 1.38. The molecule has 0 aliphatic carbocycles. The van der Waals surface area contributed by atoms with Gasteiger partial charge >= 0.3 is 41.7 Å². The number of hydrogen-bond acceptors (Lipinski definition) is 0. The Kier molecular flexibility index (Phi) is 538. The van der Waals surface area contributed by atoms with Crippen molar-refractivity contribution in [2.24, 2.45) is 0 Å². The van der Waals surface area contributed by atoms with E-state index in [2.05, 4.69) is 20.8 Å². The predicted molar refractivity (Wildman–Crippen MR) is 33.1 cm³/mol. The molecule has 0 saturated carbocycles. The largest absolute Gasteiger partial charge is 3.00 e. The van der Waals surface area contributed by atoms with Gasteiger partial charge in [-0.15, -0.1) is 0 Å². The second-order valence-corrected chi connectivity index (χ2v) is 0. The van der Waals surface area contributed by atoms with Crippen molar-refractivity contribution < 1.29 is 41.7 Å². The summed E-state index contributed by atoms with van der Waals surface area (Å²) in [5, 5.41) is 0. The van der Waals surface area contributed by atoms with Gasteiger partial charge < -0.3 is 20.8 Å². The molecule has 0 saturated heterocycles. The standard InChI is InChI=1S/3C2H5.Ce/c3*1-2;/h3*1H2,2H3;/q3*-1;+3. The van der Waals surface area contributed by atoms with E-state index in [-0.39, 0.29) is 41.7 Å². The van der Waals surface area contributed by atoms with Crippen LogP contribution in [0.3, 0.4) is 0 Å². The first-order valence-electron chi connectivity index (χ1n) is 2.12. The zero-order chi connectivity index (χ0) is 6.00. The van der Waals surface area contributed by atoms with Crippen LogP contribution in [0.4, 0.5) is 0 Å². The quantitative estimate of drug-likeness (QED) is 0.558. The minimum Gasteiger partial charge on any atom is -0.346 e. The van der Waals surface area contributed by atoms with Gasteiger partial charge in [-0.3, -0.25) is 0 Å². The van der Waals surface area contributed by atoms with E-state index in [1.54, 1.807) is 20.8 Å². The van der Waals surface area contributed by atoms with Crippen molar-refractivity contribution in [3.8, 4) is 0 Å². The van der Waals surface area contributed by atoms with Crippen LogP contribution >= 0.6 is 0 Å². The molecule has 0 aromatic rings. The van der Waals surface area contributed by atoms with Crippen LogP contribution in [0.15, 0.2) is 0 Å². The number of rotatable bonds is 0. The average Bonchev–Trinajstić information content (AvgIpc) is 1.81. The summed E-state index contributed by atoms with van der Waals surface area (Å²) in [7, 11) is 0. The summed E-state index contributed by atoms with van der Waals surface area (Å²) in [6.07, 6.45) is 0. The smallest absolute Gasteiger partial charge is 0.346 e. The summed E-state index contributed by atoms with van der Waals surface area (Å²) in [6.45, 7) is 15.0. The summed E-state index contributed by atoms with van der Waals surface area (Å²) < 4.78 is 0. The van der Waals surface area contributed by atoms with Gasteiger partial charge in [0.1, 0.15) is 0 Å². The van der Waals surface area contributed by atoms with E-state index in [0.717, 1.165) is 0 Å². The third-order valence-electron chi connectivity index (χ3n) is 0. The summed E-state index contributed by atoms with van der Waals surface area (Å²) in [4.78, 5) is 0. The Morgan fingerprint density at radius 3 is 0.571 bits per heavy atom. The topological polar surface area (TPSA) is 0 Å². The van der Waals surface area contributed by atoms with E-state index in [4.69, 9.17) is 0 Å². The van der Waals surface area contributed by atoms with E-state index < -0.39 is 0 Å². The molecule has 0 unspecified atom stereocenters. The first-order chi connectivity index (χ1) is 3.00. The van der Waals surface area contributed by atoms with Gasteiger partial charge in [0.25, 0.3) is 0 Å². The van der Waals surface area contributed by atoms with Crippen molar-refractivity contribution >= 4 is 0 Å². The van der Waals surface area contributed by atoms with Crippen LogP contribution in [0.25, 0.3) is 0 Å². The fraction of sp³-hybridized carbons (Fsp3) is 0.500. The molecule has 0 amide bonds. The molecule has 0 aliphatic rings. The van der Waals surface area contributed by atoms with Crippen LogP contribution < -0.4 is 0 Å². The minimum absolute atomic E-state index is 0. The van der Waals surface area contributed by atoms with Gasteiger partial charge in [0.2, 0.25) is 0 Å². The molecule has 0 heterocycles. The summed E-state index contributed by atoms with van der Waals surface area (Å²) in [5.74, 6) is 0. The Bertz CT molecular complexity index is 4.14. The molecule has 0 aliphatic heterocycles. The fourth-order valence-corrected chi connectivity index (χ4v) is 0. The van der Waals surface area contributed by atoms with Crippen LogP contribution in [0.2, 0.25) is 0 Å². The number of hydrogen-bond donors (Lipinski definition) is 0. The van der Waals surface area contributed by atoms with Gasteiger partial charge in [-0.2, -0.15) is 20.8 Å². The molecule has 0 rings (SSSR count). The predicted octanol–water partition coefficient (Wildman–Crippen LogP) is 2.52. The van der Waals surface area contributed by atoms with Crippen LogP contribution in [0.5, 0.6) is 0 Å². The molecule has 0 bridgehead atoms. The van der Waals surface area contributed by atoms with E-state index >= 15 is 0 Å². The Morgan fingerprint density at radius 1 is 0.571 bits per heavy atom. The molecule has 0 nitrogen and oxygen atoms in total. The molecule has 1 heteroatoms. The SMILES string of the molecule is [CH2-]C.[CH2-]C.[CH2-]C.[Ce+3]. The molecule has 0 aromatic carbocycles. The maximum absolute atomic E-state index is 3.25. The van der Waals surface area contributed by atoms with E-state index in [1.165, 1.54) is 0 Å². The third-order valence-corrected chi connectivity index (χ3v) is 0. The van der Waals surface area contributed by atoms with Gasteiger partial charge in [-0.25, -0.2) is 0 Å². The maximum Gasteiger partial charge on any atom is 3.00 e. The van der Waals surface area contributed by atoms with Crippen LogP contribution in [-0.2, 0) is 0 Å². The molecular weight excluding hydrogens is 212 g/mol. The van der Waals surface area contributed by atoms with E-state index in [9.17, 15) is 0 Å². The van der Waals surface area contributed by atoms with Crippen LogP contribution in [-0.4, -0.2) is 0 Å². The van der Waals surface area contributed by atoms with Crippen molar-refractivity contribution in [3.05, 3.63) is 20.8 Å². The van der Waals surface area contributed by atoms with Gasteiger partial charge in [0, 0.05) is 0 Å². The van der Waals surface area contributed by atoms with E-state index in [1.807, 2.05) is 0 Å². The summed E-state index contributed by atoms with van der Waals surface area (Å²) >= 11 is 0. The molecule has 0 atom stereocenters. The van der Waals surface area contributed by atoms with Crippen molar-refractivity contribution in [2.75, 3.05) is 0 Å². The van der Waals surface area contributed by atoms with Crippen LogP contribution in [0.1, 0.15) is 20.8 Å². The first-order valence-corrected chi connectivity index (χ1v) is 2.12. The van der Waals surface area contributed by atoms with Crippen molar-refractivity contribution in [1.29, 1.82) is 0 Å². The van der Waals surface area contributed by atoms with Gasteiger partial charge in [0.05, 0.1) is 0 Å². The normalized spacial score (nSPS) is 2.57. The van der Waals surface area contributed by atoms with Crippen molar-refractivity contribution in [3.63, 3.8) is 0 Å². The zero-order valence-electron chi connectivity index (χ0n) is 5.62. The maximum atomic E-state index is 3.25. The minimum atomic E-state index is 0. The molecule has 0 fully saturated rings. The third kappa shape index (κ3) is 113. The van der Waals surface area contributed by atoms with Gasteiger partial charge in [-0.05, 0) is 0 Å². The van der Waals surface area contributed by atoms with Crippen LogP contribution in [0, 0.1) is 62.5 Å². The fourth-order valence-electron chi connectivity index (χ4n) is 0. The summed E-state index contributed by atoms with van der Waals surface area (Å²) in [5.41, 5.74) is 0. The molecule has 7 heavy (non-hydrogen) atoms.